The number of hydrogen-bond acceptors (Lipinski definition) is 15. The van der Waals surface area contributed by atoms with Crippen LogP contribution >= 0.6 is 15.6 Å². The largest absolute Gasteiger partial charge is 0.472 e. The first-order valence-electron chi connectivity index (χ1n) is 37.2. The minimum atomic E-state index is -4.95. The summed E-state index contributed by atoms with van der Waals surface area (Å²) in [5.74, 6) is 0.857. The standard InChI is InChI=1S/C72H140O17P2/c1-9-65(8)51-43-35-26-20-17-18-21-27-36-44-52-69(74)82-58-67(89-72(77)55-47-39-29-23-25-33-41-49-63(4)5)60-86-90(78,79)84-56-66(73)57-85-91(80,81)87-61-68(59-83-70(75)53-45-37-31-30-34-42-50-64(6)7)88-71(76)54-46-38-28-22-16-14-12-10-11-13-15-19-24-32-40-48-62(2)3/h62-68,73H,9-61H2,1-8H3,(H,78,79)(H,80,81)/t65?,66?,67-,68-/m1/s1. The van der Waals surface area contributed by atoms with Crippen molar-refractivity contribution in [2.75, 3.05) is 39.6 Å². The minimum Gasteiger partial charge on any atom is -0.462 e. The number of esters is 4. The van der Waals surface area contributed by atoms with Crippen molar-refractivity contribution in [1.82, 2.24) is 0 Å². The van der Waals surface area contributed by atoms with Crippen molar-refractivity contribution in [1.29, 1.82) is 0 Å². The molecule has 0 aliphatic carbocycles. The van der Waals surface area contributed by atoms with Gasteiger partial charge in [0.15, 0.2) is 12.2 Å². The van der Waals surface area contributed by atoms with Crippen LogP contribution < -0.4 is 0 Å². The zero-order valence-corrected chi connectivity index (χ0v) is 61.3. The summed E-state index contributed by atoms with van der Waals surface area (Å²) in [4.78, 5) is 72.6. The van der Waals surface area contributed by atoms with Crippen LogP contribution in [0.5, 0.6) is 0 Å². The molecule has 0 aliphatic heterocycles. The second-order valence-corrected chi connectivity index (χ2v) is 30.6. The summed E-state index contributed by atoms with van der Waals surface area (Å²) in [7, 11) is -9.90. The summed E-state index contributed by atoms with van der Waals surface area (Å²) in [5.41, 5.74) is 0. The Morgan fingerprint density at radius 1 is 0.308 bits per heavy atom. The Hall–Kier alpha value is -1.94. The average Bonchev–Trinajstić information content (AvgIpc) is 3.02. The fourth-order valence-corrected chi connectivity index (χ4v) is 12.4. The molecule has 19 heteroatoms. The van der Waals surface area contributed by atoms with E-state index in [1.165, 1.54) is 154 Å². The van der Waals surface area contributed by atoms with Crippen LogP contribution in [0.4, 0.5) is 0 Å². The SMILES string of the molecule is CCC(C)CCCCCCCCCCCCC(=O)OC[C@H](COP(=O)(O)OCC(O)COP(=O)(O)OC[C@@H](COC(=O)CCCCCCCCC(C)C)OC(=O)CCCCCCCCCCCCCCCCCC(C)C)OC(=O)CCCCCCCCCC(C)C. The van der Waals surface area contributed by atoms with Crippen molar-refractivity contribution in [3.63, 3.8) is 0 Å². The number of hydrogen-bond donors (Lipinski definition) is 3. The Morgan fingerprint density at radius 2 is 0.527 bits per heavy atom. The highest BCUT2D eigenvalue weighted by atomic mass is 31.2. The van der Waals surface area contributed by atoms with Crippen LogP contribution in [-0.2, 0) is 65.4 Å². The molecule has 0 saturated heterocycles. The molecule has 0 rings (SSSR count). The molecule has 0 fully saturated rings. The first-order valence-corrected chi connectivity index (χ1v) is 40.2. The third-order valence-electron chi connectivity index (χ3n) is 16.9. The monoisotopic (exact) mass is 1340 g/mol. The number of carbonyl (C=O) groups is 4. The topological polar surface area (TPSA) is 237 Å². The lowest BCUT2D eigenvalue weighted by Crippen LogP contribution is -2.30. The molecule has 0 aliphatic rings. The number of unbranched alkanes of at least 4 members (excludes halogenated alkanes) is 34. The van der Waals surface area contributed by atoms with Crippen LogP contribution in [0, 0.1) is 23.7 Å². The van der Waals surface area contributed by atoms with Crippen LogP contribution in [0.1, 0.15) is 357 Å². The van der Waals surface area contributed by atoms with Gasteiger partial charge in [0, 0.05) is 25.7 Å². The van der Waals surface area contributed by atoms with Gasteiger partial charge < -0.3 is 33.8 Å². The number of phosphoric ester groups is 2. The molecule has 0 saturated carbocycles. The Balaban J connectivity index is 5.19. The van der Waals surface area contributed by atoms with Crippen LogP contribution in [0.3, 0.4) is 0 Å². The molecule has 0 bridgehead atoms. The Bertz CT molecular complexity index is 1800. The fourth-order valence-electron chi connectivity index (χ4n) is 10.8. The van der Waals surface area contributed by atoms with E-state index in [-0.39, 0.29) is 25.7 Å². The van der Waals surface area contributed by atoms with E-state index < -0.39 is 97.5 Å². The van der Waals surface area contributed by atoms with Gasteiger partial charge in [-0.3, -0.25) is 37.3 Å². The quantitative estimate of drug-likeness (QED) is 0.0222. The predicted molar refractivity (Wildman–Crippen MR) is 367 cm³/mol. The number of carbonyl (C=O) groups excluding carboxylic acids is 4. The molecule has 0 aromatic heterocycles. The third-order valence-corrected chi connectivity index (χ3v) is 18.8. The molecule has 0 radical (unpaired) electrons. The molecule has 17 nitrogen and oxygen atoms in total. The van der Waals surface area contributed by atoms with E-state index in [9.17, 15) is 43.2 Å². The van der Waals surface area contributed by atoms with Gasteiger partial charge in [-0.05, 0) is 49.4 Å². The van der Waals surface area contributed by atoms with Gasteiger partial charge in [-0.25, -0.2) is 9.13 Å². The van der Waals surface area contributed by atoms with Crippen molar-refractivity contribution >= 4 is 39.5 Å². The molecular formula is C72H140O17P2. The van der Waals surface area contributed by atoms with Crippen molar-refractivity contribution in [3.8, 4) is 0 Å². The molecule has 540 valence electrons. The number of rotatable bonds is 69. The highest BCUT2D eigenvalue weighted by molar-refractivity contribution is 7.47. The fraction of sp³-hybridized carbons (Fsp3) is 0.944. The van der Waals surface area contributed by atoms with Gasteiger partial charge in [-0.2, -0.15) is 0 Å². The van der Waals surface area contributed by atoms with Gasteiger partial charge in [-0.15, -0.1) is 0 Å². The van der Waals surface area contributed by atoms with Gasteiger partial charge in [0.05, 0.1) is 26.4 Å². The maximum atomic E-state index is 13.0. The molecule has 3 N–H and O–H groups in total. The molecule has 0 amide bonds. The summed E-state index contributed by atoms with van der Waals surface area (Å²) in [6.07, 6.45) is 44.7. The normalized spacial score (nSPS) is 14.5. The van der Waals surface area contributed by atoms with Gasteiger partial charge in [0.2, 0.25) is 0 Å². The Labute approximate surface area is 556 Å². The molecule has 4 unspecified atom stereocenters. The highest BCUT2D eigenvalue weighted by Crippen LogP contribution is 2.45. The first kappa shape index (κ1) is 89.1. The number of phosphoric acid groups is 2. The zero-order chi connectivity index (χ0) is 67.5. The highest BCUT2D eigenvalue weighted by Gasteiger charge is 2.30. The van der Waals surface area contributed by atoms with Crippen molar-refractivity contribution < 1.29 is 80.2 Å². The maximum absolute atomic E-state index is 13.0. The lowest BCUT2D eigenvalue weighted by molar-refractivity contribution is -0.161. The van der Waals surface area contributed by atoms with Crippen LogP contribution in [-0.4, -0.2) is 96.7 Å². The van der Waals surface area contributed by atoms with E-state index in [1.54, 1.807) is 0 Å². The van der Waals surface area contributed by atoms with Gasteiger partial charge >= 0.3 is 39.5 Å². The number of aliphatic hydroxyl groups is 1. The Morgan fingerprint density at radius 3 is 0.780 bits per heavy atom. The second kappa shape index (κ2) is 61.6. The summed E-state index contributed by atoms with van der Waals surface area (Å²) >= 11 is 0. The summed E-state index contributed by atoms with van der Waals surface area (Å²) < 4.78 is 68.3. The van der Waals surface area contributed by atoms with Gasteiger partial charge in [0.25, 0.3) is 0 Å². The van der Waals surface area contributed by atoms with Crippen LogP contribution in [0.25, 0.3) is 0 Å². The first-order chi connectivity index (χ1) is 43.6. The lowest BCUT2D eigenvalue weighted by Gasteiger charge is -2.21. The number of aliphatic hydroxyl groups excluding tert-OH is 1. The maximum Gasteiger partial charge on any atom is 0.472 e. The summed E-state index contributed by atoms with van der Waals surface area (Å²) in [6, 6.07) is 0. The average molecular weight is 1340 g/mol. The van der Waals surface area contributed by atoms with Gasteiger partial charge in [0.1, 0.15) is 19.3 Å². The van der Waals surface area contributed by atoms with E-state index in [0.29, 0.717) is 37.5 Å². The molecule has 0 aromatic rings. The van der Waals surface area contributed by atoms with E-state index in [0.717, 1.165) is 108 Å². The van der Waals surface area contributed by atoms with E-state index in [4.69, 9.17) is 37.0 Å². The predicted octanol–water partition coefficient (Wildman–Crippen LogP) is 20.5. The number of ether oxygens (including phenoxy) is 4. The second-order valence-electron chi connectivity index (χ2n) is 27.6. The molecule has 0 spiro atoms. The minimum absolute atomic E-state index is 0.103. The van der Waals surface area contributed by atoms with Crippen molar-refractivity contribution in [3.05, 3.63) is 0 Å². The van der Waals surface area contributed by atoms with E-state index in [2.05, 4.69) is 55.4 Å². The Kier molecular flexibility index (Phi) is 60.3. The summed E-state index contributed by atoms with van der Waals surface area (Å²) in [5, 5.41) is 10.6. The zero-order valence-electron chi connectivity index (χ0n) is 59.5. The molecule has 0 aromatic carbocycles. The van der Waals surface area contributed by atoms with E-state index >= 15 is 0 Å². The smallest absolute Gasteiger partial charge is 0.462 e. The third kappa shape index (κ3) is 65.1. The van der Waals surface area contributed by atoms with E-state index in [1.807, 2.05) is 0 Å². The van der Waals surface area contributed by atoms with Crippen LogP contribution in [0.15, 0.2) is 0 Å². The van der Waals surface area contributed by atoms with Crippen molar-refractivity contribution in [2.24, 2.45) is 23.7 Å². The van der Waals surface area contributed by atoms with Gasteiger partial charge in [-0.1, -0.05) is 306 Å². The molecule has 6 atom stereocenters. The molecule has 0 heterocycles. The summed E-state index contributed by atoms with van der Waals surface area (Å²) in [6.45, 7) is 14.1. The van der Waals surface area contributed by atoms with Crippen LogP contribution in [0.2, 0.25) is 0 Å². The lowest BCUT2D eigenvalue weighted by atomic mass is 9.99. The molecule has 91 heavy (non-hydrogen) atoms. The molecular weight excluding hydrogens is 1200 g/mol. The van der Waals surface area contributed by atoms with Crippen molar-refractivity contribution in [2.45, 2.75) is 375 Å².